The molecule has 0 fully saturated rings. The molecule has 10 nitrogen and oxygen atoms in total. The third-order valence-corrected chi connectivity index (χ3v) is 7.56. The zero-order valence-corrected chi connectivity index (χ0v) is 28.7. The van der Waals surface area contributed by atoms with Crippen molar-refractivity contribution in [3.8, 4) is 11.5 Å². The molecule has 0 spiro atoms. The van der Waals surface area contributed by atoms with Gasteiger partial charge in [-0.15, -0.1) is 10.2 Å². The van der Waals surface area contributed by atoms with Crippen LogP contribution in [0.2, 0.25) is 0 Å². The normalized spacial score (nSPS) is 11.2. The summed E-state index contributed by atoms with van der Waals surface area (Å²) in [5.41, 5.74) is 1.28. The van der Waals surface area contributed by atoms with E-state index in [2.05, 4.69) is 14.6 Å². The predicted molar refractivity (Wildman–Crippen MR) is 181 cm³/mol. The molecule has 0 unspecified atom stereocenters. The van der Waals surface area contributed by atoms with E-state index >= 15 is 0 Å². The number of nitrogens with zero attached hydrogens (tertiary/aromatic N) is 4. The van der Waals surface area contributed by atoms with Gasteiger partial charge in [-0.3, -0.25) is 19.2 Å². The predicted octanol–water partition coefficient (Wildman–Crippen LogP) is 7.69. The number of ketones is 1. The highest BCUT2D eigenvalue weighted by molar-refractivity contribution is 6.00. The molecular weight excluding hydrogens is 746 g/mol. The summed E-state index contributed by atoms with van der Waals surface area (Å²) in [6.07, 6.45) is -9.88. The molecule has 0 saturated carbocycles. The first-order chi connectivity index (χ1) is 25.8. The van der Waals surface area contributed by atoms with Crippen molar-refractivity contribution < 1.29 is 58.7 Å². The van der Waals surface area contributed by atoms with Gasteiger partial charge in [0, 0.05) is 47.5 Å². The molecule has 55 heavy (non-hydrogen) atoms. The molecule has 3 amide bonds. The fourth-order valence-corrected chi connectivity index (χ4v) is 4.80. The molecule has 5 aromatic rings. The molecule has 1 heterocycles. The summed E-state index contributed by atoms with van der Waals surface area (Å²) in [4.78, 5) is 49.1. The number of hydrogen-bond donors (Lipinski definition) is 1. The molecule has 0 bridgehead atoms. The summed E-state index contributed by atoms with van der Waals surface area (Å²) >= 11 is 0. The average Bonchev–Trinajstić information content (AvgIpc) is 3.65. The van der Waals surface area contributed by atoms with E-state index in [0.717, 1.165) is 12.1 Å². The molecule has 0 saturated heterocycles. The third-order valence-electron chi connectivity index (χ3n) is 7.56. The summed E-state index contributed by atoms with van der Waals surface area (Å²) in [5, 5.41) is 7.64. The van der Waals surface area contributed by atoms with Crippen LogP contribution in [-0.2, 0) is 33.6 Å². The van der Waals surface area contributed by atoms with Crippen molar-refractivity contribution in [3.63, 3.8) is 0 Å². The lowest BCUT2D eigenvalue weighted by Gasteiger charge is -2.21. The van der Waals surface area contributed by atoms with Crippen molar-refractivity contribution in [2.45, 2.75) is 39.3 Å². The van der Waals surface area contributed by atoms with E-state index in [4.69, 9.17) is 0 Å². The van der Waals surface area contributed by atoms with Crippen molar-refractivity contribution in [1.82, 2.24) is 15.5 Å². The highest BCUT2D eigenvalue weighted by Crippen LogP contribution is 2.31. The fourth-order valence-electron chi connectivity index (χ4n) is 4.80. The van der Waals surface area contributed by atoms with E-state index in [1.54, 1.807) is 60.7 Å². The topological polar surface area (TPSA) is 126 Å². The maximum atomic E-state index is 14.5. The monoisotopic (exact) mass is 775 g/mol. The summed E-state index contributed by atoms with van der Waals surface area (Å²) in [6, 6.07) is 24.3. The number of carbonyl (C=O) groups excluding carboxylic acids is 4. The summed E-state index contributed by atoms with van der Waals surface area (Å²) in [6.45, 7) is 1.64. The van der Waals surface area contributed by atoms with Gasteiger partial charge in [-0.05, 0) is 42.5 Å². The number of alkyl halides is 6. The zero-order chi connectivity index (χ0) is 40.5. The number of amides is 3. The van der Waals surface area contributed by atoms with E-state index in [-0.39, 0.29) is 47.2 Å². The molecule has 1 aromatic heterocycles. The van der Waals surface area contributed by atoms with Crippen LogP contribution in [0, 0.1) is 11.6 Å². The zero-order valence-electron chi connectivity index (χ0n) is 28.7. The van der Waals surface area contributed by atoms with Gasteiger partial charge in [0.2, 0.25) is 17.7 Å². The summed E-state index contributed by atoms with van der Waals surface area (Å²) < 4.78 is 107. The van der Waals surface area contributed by atoms with Gasteiger partial charge in [0.15, 0.2) is 5.78 Å². The standard InChI is InChI=1S/C19H16F4N2O3.C18H13F4N3O2/c1-12(26)25(15-5-3-2-4-6-15)11-14-8-7-13(9-16(14)20)17(27)10-24-18(28)19(21,22)23;1-11(26)25(14-5-3-2-4-6-14)10-13-8-7-12(9-15(13)19)16-23-24-17(27-16)18(20,21)22/h2-9H,10-11H2,1H3,(H,24,28);2-9H,10H2,1H3. The lowest BCUT2D eigenvalue weighted by Crippen LogP contribution is -2.39. The second kappa shape index (κ2) is 17.6. The van der Waals surface area contributed by atoms with Crippen molar-refractivity contribution in [1.29, 1.82) is 0 Å². The molecule has 0 aliphatic rings. The summed E-state index contributed by atoms with van der Waals surface area (Å²) in [7, 11) is 0. The Balaban J connectivity index is 0.000000245. The summed E-state index contributed by atoms with van der Waals surface area (Å²) in [5.74, 6) is -7.19. The minimum absolute atomic E-state index is 0.00772. The molecule has 4 aromatic carbocycles. The molecule has 0 atom stereocenters. The Bertz CT molecular complexity index is 2140. The molecule has 0 aliphatic heterocycles. The molecule has 0 radical (unpaired) electrons. The van der Waals surface area contributed by atoms with Crippen LogP contribution in [0.1, 0.15) is 41.2 Å². The van der Waals surface area contributed by atoms with Crippen LogP contribution < -0.4 is 15.1 Å². The van der Waals surface area contributed by atoms with E-state index < -0.39 is 54.0 Å². The first-order valence-corrected chi connectivity index (χ1v) is 15.9. The van der Waals surface area contributed by atoms with Gasteiger partial charge < -0.3 is 19.5 Å². The van der Waals surface area contributed by atoms with E-state index in [1.807, 2.05) is 0 Å². The second-order valence-electron chi connectivity index (χ2n) is 11.5. The van der Waals surface area contributed by atoms with E-state index in [9.17, 15) is 54.3 Å². The van der Waals surface area contributed by atoms with Crippen LogP contribution in [0.25, 0.3) is 11.5 Å². The highest BCUT2D eigenvalue weighted by atomic mass is 19.4. The number of benzene rings is 4. The number of hydrogen-bond acceptors (Lipinski definition) is 7. The van der Waals surface area contributed by atoms with Gasteiger partial charge >= 0.3 is 24.2 Å². The van der Waals surface area contributed by atoms with Crippen LogP contribution in [0.15, 0.2) is 101 Å². The minimum Gasteiger partial charge on any atom is -0.413 e. The van der Waals surface area contributed by atoms with Crippen LogP contribution in [0.3, 0.4) is 0 Å². The Labute approximate surface area is 307 Å². The quantitative estimate of drug-likeness (QED) is 0.114. The first kappa shape index (κ1) is 41.3. The molecule has 18 heteroatoms. The van der Waals surface area contributed by atoms with Crippen molar-refractivity contribution in [3.05, 3.63) is 131 Å². The van der Waals surface area contributed by atoms with Crippen molar-refractivity contribution in [2.24, 2.45) is 0 Å². The lowest BCUT2D eigenvalue weighted by atomic mass is 10.1. The number of halogens is 8. The van der Waals surface area contributed by atoms with Crippen LogP contribution in [-0.4, -0.2) is 46.4 Å². The number of para-hydroxylation sites is 2. The number of anilines is 2. The minimum atomic E-state index is -5.11. The van der Waals surface area contributed by atoms with Gasteiger partial charge in [0.1, 0.15) is 11.6 Å². The SMILES string of the molecule is CC(=O)N(Cc1ccc(-c2nnc(C(F)(F)F)o2)cc1F)c1ccccc1.CC(=O)N(Cc1ccc(C(=O)CNC(=O)C(F)(F)F)cc1F)c1ccccc1. The molecule has 5 rings (SSSR count). The Morgan fingerprint density at radius 1 is 0.673 bits per heavy atom. The van der Waals surface area contributed by atoms with Crippen molar-refractivity contribution >= 4 is 34.9 Å². The number of aromatic nitrogens is 2. The Morgan fingerprint density at radius 3 is 1.58 bits per heavy atom. The van der Waals surface area contributed by atoms with Gasteiger partial charge in [0.25, 0.3) is 0 Å². The van der Waals surface area contributed by atoms with E-state index in [1.165, 1.54) is 53.2 Å². The van der Waals surface area contributed by atoms with Crippen LogP contribution in [0.5, 0.6) is 0 Å². The lowest BCUT2D eigenvalue weighted by molar-refractivity contribution is -0.173. The number of nitrogens with one attached hydrogen (secondary N) is 1. The number of Topliss-reactive ketones (excluding diaryl/α,β-unsaturated/α-hetero) is 1. The first-order valence-electron chi connectivity index (χ1n) is 15.9. The molecule has 1 N–H and O–H groups in total. The van der Waals surface area contributed by atoms with Crippen LogP contribution >= 0.6 is 0 Å². The van der Waals surface area contributed by atoms with Gasteiger partial charge in [-0.1, -0.05) is 54.6 Å². The van der Waals surface area contributed by atoms with Gasteiger partial charge in [-0.2, -0.15) is 26.3 Å². The smallest absolute Gasteiger partial charge is 0.413 e. The fraction of sp³-hybridized carbons (Fsp3) is 0.189. The maximum absolute atomic E-state index is 14.5. The Kier molecular flexibility index (Phi) is 13.2. The highest BCUT2D eigenvalue weighted by Gasteiger charge is 2.39. The van der Waals surface area contributed by atoms with Crippen LogP contribution in [0.4, 0.5) is 46.5 Å². The maximum Gasteiger partial charge on any atom is 0.471 e. The molecule has 288 valence electrons. The van der Waals surface area contributed by atoms with Crippen molar-refractivity contribution in [2.75, 3.05) is 16.3 Å². The van der Waals surface area contributed by atoms with Gasteiger partial charge in [0.05, 0.1) is 19.6 Å². The molecular formula is C37H29F8N5O5. The van der Waals surface area contributed by atoms with E-state index in [0.29, 0.717) is 11.4 Å². The number of rotatable bonds is 10. The largest absolute Gasteiger partial charge is 0.471 e. The third kappa shape index (κ3) is 11.3. The Morgan fingerprint density at radius 2 is 1.16 bits per heavy atom. The average molecular weight is 776 g/mol. The number of carbonyl (C=O) groups is 4. The van der Waals surface area contributed by atoms with Gasteiger partial charge in [-0.25, -0.2) is 8.78 Å². The molecule has 0 aliphatic carbocycles. The Hall–Kier alpha value is -6.46. The second-order valence-corrected chi connectivity index (χ2v) is 11.5.